The molecule has 0 fully saturated rings. The lowest BCUT2D eigenvalue weighted by molar-refractivity contribution is 0.832. The Hall–Kier alpha value is -1.48. The Kier molecular flexibility index (Phi) is 3.70. The number of hydrogen-bond donors (Lipinski definition) is 0. The quantitative estimate of drug-likeness (QED) is 0.762. The van der Waals surface area contributed by atoms with Crippen LogP contribution < -0.4 is 0 Å². The fourth-order valence-corrected chi connectivity index (χ4v) is 4.19. The second-order valence-corrected chi connectivity index (χ2v) is 7.40. The molecule has 0 N–H and O–H groups in total. The molecule has 0 saturated heterocycles. The van der Waals surface area contributed by atoms with Crippen LogP contribution in [0.25, 0.3) is 5.57 Å². The van der Waals surface area contributed by atoms with Crippen LogP contribution in [0.3, 0.4) is 0 Å². The first-order valence-electron chi connectivity index (χ1n) is 7.56. The minimum Gasteiger partial charge on any atom is -0.285 e. The van der Waals surface area contributed by atoms with Crippen LogP contribution in [-0.2, 0) is 0 Å². The van der Waals surface area contributed by atoms with E-state index in [1.165, 1.54) is 37.7 Å². The molecule has 1 aromatic heterocycles. The van der Waals surface area contributed by atoms with Gasteiger partial charge >= 0.3 is 0 Å². The van der Waals surface area contributed by atoms with Gasteiger partial charge in [0.15, 0.2) is 0 Å². The maximum atomic E-state index is 4.89. The first-order chi connectivity index (χ1) is 9.99. The Morgan fingerprint density at radius 3 is 2.52 bits per heavy atom. The number of hydrogen-bond acceptors (Lipinski definition) is 3. The Morgan fingerprint density at radius 1 is 1.10 bits per heavy atom. The molecule has 21 heavy (non-hydrogen) atoms. The molecule has 0 bridgehead atoms. The summed E-state index contributed by atoms with van der Waals surface area (Å²) in [5.74, 6) is 0.544. The third-order valence-electron chi connectivity index (χ3n) is 4.17. The van der Waals surface area contributed by atoms with Crippen molar-refractivity contribution in [2.24, 2.45) is 15.9 Å². The van der Waals surface area contributed by atoms with Gasteiger partial charge in [0.25, 0.3) is 0 Å². The van der Waals surface area contributed by atoms with Crippen molar-refractivity contribution in [2.45, 2.75) is 34.6 Å². The highest BCUT2D eigenvalue weighted by Gasteiger charge is 2.27. The lowest BCUT2D eigenvalue weighted by atomic mass is 9.97. The van der Waals surface area contributed by atoms with E-state index < -0.39 is 0 Å². The van der Waals surface area contributed by atoms with Crippen LogP contribution in [0, 0.1) is 19.8 Å². The van der Waals surface area contributed by atoms with Gasteiger partial charge in [0.1, 0.15) is 0 Å². The molecular formula is C18H22N2S. The third-order valence-corrected chi connectivity index (χ3v) is 5.39. The largest absolute Gasteiger partial charge is 0.285 e. The van der Waals surface area contributed by atoms with E-state index in [4.69, 9.17) is 4.99 Å². The van der Waals surface area contributed by atoms with Gasteiger partial charge in [0.05, 0.1) is 18.8 Å². The molecule has 2 nitrogen and oxygen atoms in total. The van der Waals surface area contributed by atoms with E-state index in [1.54, 1.807) is 0 Å². The molecule has 0 aromatic carbocycles. The van der Waals surface area contributed by atoms with Gasteiger partial charge in [-0.25, -0.2) is 0 Å². The summed E-state index contributed by atoms with van der Waals surface area (Å²) in [6.07, 6.45) is 4.45. The van der Waals surface area contributed by atoms with Crippen LogP contribution in [0.4, 0.5) is 0 Å². The zero-order valence-electron chi connectivity index (χ0n) is 13.4. The Balaban J connectivity index is 2.18. The predicted octanol–water partition coefficient (Wildman–Crippen LogP) is 4.61. The third kappa shape index (κ3) is 2.44. The number of rotatable bonds is 2. The number of aryl methyl sites for hydroxylation is 1. The average molecular weight is 298 g/mol. The van der Waals surface area contributed by atoms with Crippen molar-refractivity contribution >= 4 is 28.3 Å². The molecule has 3 rings (SSSR count). The van der Waals surface area contributed by atoms with Crippen molar-refractivity contribution in [3.8, 4) is 0 Å². The predicted molar refractivity (Wildman–Crippen MR) is 94.1 cm³/mol. The summed E-state index contributed by atoms with van der Waals surface area (Å²) in [7, 11) is 0. The Morgan fingerprint density at radius 2 is 1.81 bits per heavy atom. The molecule has 0 saturated carbocycles. The maximum absolute atomic E-state index is 4.89. The van der Waals surface area contributed by atoms with Gasteiger partial charge in [-0.3, -0.25) is 9.98 Å². The molecule has 1 aromatic rings. The highest BCUT2D eigenvalue weighted by atomic mass is 32.1. The normalized spacial score (nSPS) is 18.0. The van der Waals surface area contributed by atoms with Gasteiger partial charge in [0.2, 0.25) is 0 Å². The van der Waals surface area contributed by atoms with Crippen LogP contribution in [0.5, 0.6) is 0 Å². The summed E-state index contributed by atoms with van der Waals surface area (Å²) < 4.78 is 0. The van der Waals surface area contributed by atoms with Gasteiger partial charge in [-0.2, -0.15) is 0 Å². The second-order valence-electron chi connectivity index (χ2n) is 6.17. The fourth-order valence-electron chi connectivity index (χ4n) is 2.87. The molecule has 0 radical (unpaired) electrons. The van der Waals surface area contributed by atoms with Gasteiger partial charge in [-0.05, 0) is 43.9 Å². The molecule has 2 aliphatic heterocycles. The molecule has 0 amide bonds. The van der Waals surface area contributed by atoms with E-state index >= 15 is 0 Å². The standard InChI is InChI=1S/C18H22N2S/c1-10(2)6-7-15-16-11(3)13(5)21-18(16)17-12(4)19-8-14(17)9-20-15/h6-7,10H,8-9H2,1-5H3/b7-6+. The number of nitrogens with zero attached hydrogens (tertiary/aromatic N) is 2. The minimum absolute atomic E-state index is 0.544. The summed E-state index contributed by atoms with van der Waals surface area (Å²) >= 11 is 1.89. The number of aliphatic imine (C=N–C) groups is 2. The summed E-state index contributed by atoms with van der Waals surface area (Å²) in [4.78, 5) is 12.3. The van der Waals surface area contributed by atoms with E-state index in [-0.39, 0.29) is 0 Å². The van der Waals surface area contributed by atoms with Crippen molar-refractivity contribution in [1.29, 1.82) is 0 Å². The van der Waals surface area contributed by atoms with E-state index in [9.17, 15) is 0 Å². The van der Waals surface area contributed by atoms with Crippen molar-refractivity contribution in [3.63, 3.8) is 0 Å². The summed E-state index contributed by atoms with van der Waals surface area (Å²) in [6.45, 7) is 12.6. The smallest absolute Gasteiger partial charge is 0.0665 e. The van der Waals surface area contributed by atoms with Crippen LogP contribution in [0.15, 0.2) is 27.7 Å². The van der Waals surface area contributed by atoms with E-state index in [0.29, 0.717) is 5.92 Å². The molecule has 0 atom stereocenters. The Bertz CT molecular complexity index is 712. The summed E-state index contributed by atoms with van der Waals surface area (Å²) in [5, 5.41) is 0. The zero-order valence-corrected chi connectivity index (χ0v) is 14.3. The minimum atomic E-state index is 0.544. The van der Waals surface area contributed by atoms with Crippen LogP contribution in [-0.4, -0.2) is 24.5 Å². The number of allylic oxidation sites excluding steroid dienone is 3. The number of thiophene rings is 1. The van der Waals surface area contributed by atoms with Crippen molar-refractivity contribution in [3.05, 3.63) is 38.6 Å². The SMILES string of the molecule is CC1=NCC2=C1c1sc(C)c(C)c1C(/C=C/C(C)C)=NC2. The Labute approximate surface area is 131 Å². The van der Waals surface area contributed by atoms with Crippen molar-refractivity contribution in [2.75, 3.05) is 13.1 Å². The number of fused-ring (bicyclic) bond motifs is 2. The van der Waals surface area contributed by atoms with E-state index in [0.717, 1.165) is 18.8 Å². The summed E-state index contributed by atoms with van der Waals surface area (Å²) in [5.41, 5.74) is 7.76. The highest BCUT2D eigenvalue weighted by Crippen LogP contribution is 2.39. The van der Waals surface area contributed by atoms with E-state index in [1.807, 2.05) is 11.3 Å². The van der Waals surface area contributed by atoms with E-state index in [2.05, 4.69) is 51.8 Å². The molecule has 110 valence electrons. The second kappa shape index (κ2) is 5.38. The lowest BCUT2D eigenvalue weighted by Gasteiger charge is -2.06. The lowest BCUT2D eigenvalue weighted by Crippen LogP contribution is -2.02. The van der Waals surface area contributed by atoms with Gasteiger partial charge < -0.3 is 0 Å². The first kappa shape index (κ1) is 14.5. The zero-order chi connectivity index (χ0) is 15.1. The van der Waals surface area contributed by atoms with Crippen LogP contribution in [0.2, 0.25) is 0 Å². The van der Waals surface area contributed by atoms with Crippen LogP contribution >= 0.6 is 11.3 Å². The molecule has 0 aliphatic carbocycles. The molecule has 0 spiro atoms. The maximum Gasteiger partial charge on any atom is 0.0665 e. The first-order valence-corrected chi connectivity index (χ1v) is 8.37. The van der Waals surface area contributed by atoms with Crippen molar-refractivity contribution < 1.29 is 0 Å². The molecule has 3 heteroatoms. The molecular weight excluding hydrogens is 276 g/mol. The van der Waals surface area contributed by atoms with Gasteiger partial charge in [0, 0.05) is 26.6 Å². The van der Waals surface area contributed by atoms with Crippen LogP contribution in [0.1, 0.15) is 41.7 Å². The van der Waals surface area contributed by atoms with Gasteiger partial charge in [-0.1, -0.05) is 19.9 Å². The highest BCUT2D eigenvalue weighted by molar-refractivity contribution is 7.14. The topological polar surface area (TPSA) is 24.7 Å². The molecule has 2 aliphatic rings. The summed E-state index contributed by atoms with van der Waals surface area (Å²) in [6, 6.07) is 0. The van der Waals surface area contributed by atoms with Crippen molar-refractivity contribution in [1.82, 2.24) is 0 Å². The average Bonchev–Trinajstić information content (AvgIpc) is 2.87. The monoisotopic (exact) mass is 298 g/mol. The molecule has 3 heterocycles. The van der Waals surface area contributed by atoms with Gasteiger partial charge in [-0.15, -0.1) is 11.3 Å². The fraction of sp³-hybridized carbons (Fsp3) is 0.444. The molecule has 0 unspecified atom stereocenters.